The summed E-state index contributed by atoms with van der Waals surface area (Å²) in [6.07, 6.45) is 2.07. The van der Waals surface area contributed by atoms with Gasteiger partial charge >= 0.3 is 6.09 Å². The molecule has 2 aromatic heterocycles. The lowest BCUT2D eigenvalue weighted by molar-refractivity contribution is 0.152. The Balaban J connectivity index is 2.08. The number of nitrogens with zero attached hydrogens (tertiary/aromatic N) is 3. The van der Waals surface area contributed by atoms with Crippen LogP contribution in [0.25, 0.3) is 5.82 Å². The van der Waals surface area contributed by atoms with E-state index in [1.807, 2.05) is 36.7 Å². The van der Waals surface area contributed by atoms with Gasteiger partial charge in [0.25, 0.3) is 0 Å². The molecule has 0 aliphatic heterocycles. The number of hydrogen-bond donors (Lipinski definition) is 1. The Kier molecular flexibility index (Phi) is 4.92. The number of alkyl carbamates (subject to hydrolysis) is 1. The first kappa shape index (κ1) is 15.0. The number of hydrogen-bond acceptors (Lipinski definition) is 4. The Morgan fingerprint density at radius 1 is 1.38 bits per heavy atom. The quantitative estimate of drug-likeness (QED) is 0.915. The SMILES string of the molecule is CCOC(=O)NCCc1c(C)nn(-c2ccccn2)c1C. The van der Waals surface area contributed by atoms with E-state index < -0.39 is 0 Å². The van der Waals surface area contributed by atoms with Crippen molar-refractivity contribution in [2.75, 3.05) is 13.2 Å². The van der Waals surface area contributed by atoms with E-state index >= 15 is 0 Å². The molecule has 112 valence electrons. The van der Waals surface area contributed by atoms with Crippen molar-refractivity contribution in [3.8, 4) is 5.82 Å². The standard InChI is InChI=1S/C15H20N4O2/c1-4-21-15(20)17-10-8-13-11(2)18-19(12(13)3)14-7-5-6-9-16-14/h5-7,9H,4,8,10H2,1-3H3,(H,17,20). The first-order valence-electron chi connectivity index (χ1n) is 7.00. The fourth-order valence-electron chi connectivity index (χ4n) is 2.21. The molecule has 1 amide bonds. The Morgan fingerprint density at radius 3 is 2.86 bits per heavy atom. The molecule has 0 saturated carbocycles. The fourth-order valence-corrected chi connectivity index (χ4v) is 2.21. The van der Waals surface area contributed by atoms with Crippen LogP contribution in [0.3, 0.4) is 0 Å². The number of pyridine rings is 1. The normalized spacial score (nSPS) is 10.4. The third kappa shape index (κ3) is 3.59. The van der Waals surface area contributed by atoms with Crippen LogP contribution in [0.2, 0.25) is 0 Å². The molecular formula is C15H20N4O2. The Morgan fingerprint density at radius 2 is 2.19 bits per heavy atom. The van der Waals surface area contributed by atoms with Gasteiger partial charge in [-0.05, 0) is 44.9 Å². The van der Waals surface area contributed by atoms with Gasteiger partial charge in [0.1, 0.15) is 0 Å². The van der Waals surface area contributed by atoms with Crippen molar-refractivity contribution in [2.24, 2.45) is 0 Å². The predicted molar refractivity (Wildman–Crippen MR) is 79.6 cm³/mol. The summed E-state index contributed by atoms with van der Waals surface area (Å²) in [5.74, 6) is 0.794. The molecule has 6 nitrogen and oxygen atoms in total. The second kappa shape index (κ2) is 6.88. The smallest absolute Gasteiger partial charge is 0.407 e. The lowest BCUT2D eigenvalue weighted by Gasteiger charge is -2.06. The van der Waals surface area contributed by atoms with Crippen LogP contribution >= 0.6 is 0 Å². The Labute approximate surface area is 124 Å². The van der Waals surface area contributed by atoms with Gasteiger partial charge in [-0.15, -0.1) is 0 Å². The molecular weight excluding hydrogens is 268 g/mol. The average Bonchev–Trinajstić information content (AvgIpc) is 2.76. The van der Waals surface area contributed by atoms with Crippen molar-refractivity contribution in [2.45, 2.75) is 27.2 Å². The van der Waals surface area contributed by atoms with Gasteiger partial charge in [-0.1, -0.05) is 6.07 Å². The molecule has 0 unspecified atom stereocenters. The monoisotopic (exact) mass is 288 g/mol. The zero-order valence-electron chi connectivity index (χ0n) is 12.6. The van der Waals surface area contributed by atoms with Crippen LogP contribution in [0.15, 0.2) is 24.4 Å². The fraction of sp³-hybridized carbons (Fsp3) is 0.400. The van der Waals surface area contributed by atoms with Gasteiger partial charge in [0.15, 0.2) is 5.82 Å². The highest BCUT2D eigenvalue weighted by Gasteiger charge is 2.13. The molecule has 0 aliphatic rings. The van der Waals surface area contributed by atoms with Crippen LogP contribution in [0, 0.1) is 13.8 Å². The van der Waals surface area contributed by atoms with Crippen LogP contribution in [0.4, 0.5) is 4.79 Å². The number of nitrogens with one attached hydrogen (secondary N) is 1. The number of amides is 1. The minimum absolute atomic E-state index is 0.376. The molecule has 2 aromatic rings. The molecule has 1 N–H and O–H groups in total. The van der Waals surface area contributed by atoms with Crippen LogP contribution in [-0.2, 0) is 11.2 Å². The van der Waals surface area contributed by atoms with Crippen molar-refractivity contribution in [3.63, 3.8) is 0 Å². The molecule has 0 fully saturated rings. The highest BCUT2D eigenvalue weighted by Crippen LogP contribution is 2.16. The van der Waals surface area contributed by atoms with Gasteiger partial charge in [-0.3, -0.25) is 0 Å². The largest absolute Gasteiger partial charge is 0.450 e. The maximum Gasteiger partial charge on any atom is 0.407 e. The van der Waals surface area contributed by atoms with Crippen molar-refractivity contribution in [1.29, 1.82) is 0 Å². The van der Waals surface area contributed by atoms with Crippen LogP contribution in [-0.4, -0.2) is 34.0 Å². The summed E-state index contributed by atoms with van der Waals surface area (Å²) >= 11 is 0. The minimum atomic E-state index is -0.384. The van der Waals surface area contributed by atoms with E-state index in [-0.39, 0.29) is 6.09 Å². The van der Waals surface area contributed by atoms with Crippen molar-refractivity contribution < 1.29 is 9.53 Å². The van der Waals surface area contributed by atoms with Gasteiger partial charge in [0.2, 0.25) is 0 Å². The predicted octanol–water partition coefficient (Wildman–Crippen LogP) is 2.17. The van der Waals surface area contributed by atoms with Crippen LogP contribution in [0.1, 0.15) is 23.9 Å². The molecule has 0 saturated heterocycles. The molecule has 0 spiro atoms. The molecule has 0 aliphatic carbocycles. The van der Waals surface area contributed by atoms with Gasteiger partial charge < -0.3 is 10.1 Å². The van der Waals surface area contributed by atoms with Gasteiger partial charge in [0, 0.05) is 18.4 Å². The summed E-state index contributed by atoms with van der Waals surface area (Å²) < 4.78 is 6.66. The summed E-state index contributed by atoms with van der Waals surface area (Å²) in [6, 6.07) is 5.72. The number of carbonyl (C=O) groups excluding carboxylic acids is 1. The molecule has 0 radical (unpaired) electrons. The number of carbonyl (C=O) groups is 1. The van der Waals surface area contributed by atoms with Gasteiger partial charge in [-0.25, -0.2) is 14.5 Å². The number of aromatic nitrogens is 3. The summed E-state index contributed by atoms with van der Waals surface area (Å²) in [4.78, 5) is 15.6. The maximum atomic E-state index is 11.3. The van der Waals surface area contributed by atoms with E-state index in [0.717, 1.165) is 22.8 Å². The highest BCUT2D eigenvalue weighted by atomic mass is 16.5. The minimum Gasteiger partial charge on any atom is -0.450 e. The lowest BCUT2D eigenvalue weighted by atomic mass is 10.1. The van der Waals surface area contributed by atoms with Crippen molar-refractivity contribution >= 4 is 6.09 Å². The molecule has 0 aromatic carbocycles. The average molecular weight is 288 g/mol. The summed E-state index contributed by atoms with van der Waals surface area (Å²) in [7, 11) is 0. The topological polar surface area (TPSA) is 69.0 Å². The zero-order chi connectivity index (χ0) is 15.2. The van der Waals surface area contributed by atoms with Crippen LogP contribution in [0.5, 0.6) is 0 Å². The molecule has 0 atom stereocenters. The van der Waals surface area contributed by atoms with E-state index in [2.05, 4.69) is 15.4 Å². The van der Waals surface area contributed by atoms with Crippen molar-refractivity contribution in [3.05, 3.63) is 41.3 Å². The molecule has 2 heterocycles. The van der Waals surface area contributed by atoms with E-state index in [4.69, 9.17) is 4.74 Å². The van der Waals surface area contributed by atoms with Gasteiger partial charge in [0.05, 0.1) is 12.3 Å². The Hall–Kier alpha value is -2.37. The van der Waals surface area contributed by atoms with E-state index in [1.165, 1.54) is 0 Å². The third-order valence-corrected chi connectivity index (χ3v) is 3.23. The first-order valence-corrected chi connectivity index (χ1v) is 7.00. The number of rotatable bonds is 5. The number of aryl methyl sites for hydroxylation is 1. The summed E-state index contributed by atoms with van der Waals surface area (Å²) in [5, 5.41) is 7.25. The van der Waals surface area contributed by atoms with Gasteiger partial charge in [-0.2, -0.15) is 5.10 Å². The lowest BCUT2D eigenvalue weighted by Crippen LogP contribution is -2.26. The Bertz CT molecular complexity index is 608. The van der Waals surface area contributed by atoms with E-state index in [0.29, 0.717) is 19.6 Å². The van der Waals surface area contributed by atoms with E-state index in [9.17, 15) is 4.79 Å². The van der Waals surface area contributed by atoms with Crippen LogP contribution < -0.4 is 5.32 Å². The molecule has 21 heavy (non-hydrogen) atoms. The zero-order valence-corrected chi connectivity index (χ0v) is 12.6. The third-order valence-electron chi connectivity index (χ3n) is 3.23. The highest BCUT2D eigenvalue weighted by molar-refractivity contribution is 5.67. The molecule has 2 rings (SSSR count). The molecule has 6 heteroatoms. The second-order valence-electron chi connectivity index (χ2n) is 4.65. The van der Waals surface area contributed by atoms with E-state index in [1.54, 1.807) is 13.1 Å². The summed E-state index contributed by atoms with van der Waals surface area (Å²) in [6.45, 7) is 6.65. The molecule has 0 bridgehead atoms. The first-order chi connectivity index (χ1) is 10.1. The maximum absolute atomic E-state index is 11.3. The van der Waals surface area contributed by atoms with Crippen molar-refractivity contribution in [1.82, 2.24) is 20.1 Å². The summed E-state index contributed by atoms with van der Waals surface area (Å²) in [5.41, 5.74) is 3.11. The second-order valence-corrected chi connectivity index (χ2v) is 4.65. The number of ether oxygens (including phenoxy) is 1.